The van der Waals surface area contributed by atoms with Crippen LogP contribution < -0.4 is 0 Å². The molecule has 3 unspecified atom stereocenters. The van der Waals surface area contributed by atoms with E-state index in [4.69, 9.17) is 14.4 Å². The summed E-state index contributed by atoms with van der Waals surface area (Å²) in [6, 6.07) is 48.3. The number of aliphatic imine (C=N–C) groups is 2. The minimum absolute atomic E-state index is 0.0354. The lowest BCUT2D eigenvalue weighted by Gasteiger charge is -2.22. The van der Waals surface area contributed by atoms with Crippen molar-refractivity contribution in [1.82, 2.24) is 4.57 Å². The zero-order valence-corrected chi connectivity index (χ0v) is 31.5. The highest BCUT2D eigenvalue weighted by Gasteiger charge is 2.39. The fourth-order valence-corrected chi connectivity index (χ4v) is 10.4. The number of furan rings is 1. The lowest BCUT2D eigenvalue weighted by atomic mass is 9.82. The van der Waals surface area contributed by atoms with Crippen LogP contribution in [0.2, 0.25) is 0 Å². The minimum atomic E-state index is -0.184. The first-order chi connectivity index (χ1) is 26.4. The van der Waals surface area contributed by atoms with Crippen LogP contribution >= 0.6 is 8.58 Å². The minimum Gasteiger partial charge on any atom is -0.459 e. The number of hydrogen-bond acceptors (Lipinski definition) is 3. The van der Waals surface area contributed by atoms with Gasteiger partial charge in [-0.25, -0.2) is 4.99 Å². The third-order valence-corrected chi connectivity index (χ3v) is 13.3. The predicted molar refractivity (Wildman–Crippen MR) is 227 cm³/mol. The van der Waals surface area contributed by atoms with Gasteiger partial charge >= 0.3 is 0 Å². The number of para-hydroxylation sites is 1. The van der Waals surface area contributed by atoms with Gasteiger partial charge in [0.1, 0.15) is 11.3 Å². The van der Waals surface area contributed by atoms with Gasteiger partial charge in [0.15, 0.2) is 5.84 Å². The Balaban J connectivity index is 1.06. The Bertz CT molecular complexity index is 2910. The molecular formula is C49H38N3OP. The van der Waals surface area contributed by atoms with Crippen molar-refractivity contribution in [2.75, 3.05) is 0 Å². The van der Waals surface area contributed by atoms with Gasteiger partial charge < -0.3 is 8.98 Å². The van der Waals surface area contributed by atoms with E-state index < -0.39 is 0 Å². The molecule has 3 atom stereocenters. The number of fused-ring (bicyclic) bond motifs is 10. The third-order valence-electron chi connectivity index (χ3n) is 11.9. The molecular weight excluding hydrogens is 678 g/mol. The molecule has 3 aliphatic rings. The van der Waals surface area contributed by atoms with Gasteiger partial charge in [0, 0.05) is 55.4 Å². The van der Waals surface area contributed by atoms with Crippen LogP contribution in [0, 0.1) is 0 Å². The van der Waals surface area contributed by atoms with Crippen molar-refractivity contribution in [2.45, 2.75) is 44.3 Å². The van der Waals surface area contributed by atoms with Crippen LogP contribution in [0.15, 0.2) is 154 Å². The molecule has 3 heterocycles. The van der Waals surface area contributed by atoms with Crippen LogP contribution in [0.4, 0.5) is 0 Å². The van der Waals surface area contributed by atoms with E-state index in [1.807, 2.05) is 0 Å². The van der Waals surface area contributed by atoms with Gasteiger partial charge in [-0.15, -0.1) is 0 Å². The Labute approximate surface area is 316 Å². The first-order valence-corrected chi connectivity index (χ1v) is 20.0. The molecule has 1 aliphatic heterocycles. The summed E-state index contributed by atoms with van der Waals surface area (Å²) in [4.78, 5) is 10.4. The van der Waals surface area contributed by atoms with Crippen molar-refractivity contribution in [3.05, 3.63) is 179 Å². The molecule has 0 bridgehead atoms. The van der Waals surface area contributed by atoms with Crippen molar-refractivity contribution >= 4 is 58.7 Å². The van der Waals surface area contributed by atoms with Crippen molar-refractivity contribution in [2.24, 2.45) is 9.98 Å². The number of aromatic nitrogens is 1. The summed E-state index contributed by atoms with van der Waals surface area (Å²) in [6.07, 6.45) is 5.56. The molecule has 4 nitrogen and oxygen atoms in total. The number of benzene rings is 6. The van der Waals surface area contributed by atoms with Gasteiger partial charge in [0.25, 0.3) is 0 Å². The lowest BCUT2D eigenvalue weighted by molar-refractivity contribution is 0.504. The number of amidine groups is 1. The molecule has 0 spiro atoms. The lowest BCUT2D eigenvalue weighted by Crippen LogP contribution is -2.15. The SMILES string of the molecule is CC1CC=Cc2c1oc1c3c(ccc21)C(C)(C)c1cc2c(cc1-3)c1ccccc1n2-c1ccc(C2=NC(c3ccccc3)PC(c3ccccc3)=N2)cc1. The van der Waals surface area contributed by atoms with Crippen molar-refractivity contribution < 1.29 is 4.42 Å². The van der Waals surface area contributed by atoms with Crippen LogP contribution in [-0.4, -0.2) is 15.9 Å². The highest BCUT2D eigenvalue weighted by atomic mass is 31.1. The fourth-order valence-electron chi connectivity index (χ4n) is 9.07. The predicted octanol–water partition coefficient (Wildman–Crippen LogP) is 12.9. The Morgan fingerprint density at radius 1 is 0.722 bits per heavy atom. The Hall–Kier alpha value is -5.83. The molecule has 11 rings (SSSR count). The molecule has 0 amide bonds. The topological polar surface area (TPSA) is 42.8 Å². The van der Waals surface area contributed by atoms with E-state index in [-0.39, 0.29) is 11.2 Å². The number of nitrogens with zero attached hydrogens (tertiary/aromatic N) is 3. The van der Waals surface area contributed by atoms with E-state index in [0.717, 1.165) is 45.9 Å². The van der Waals surface area contributed by atoms with E-state index >= 15 is 0 Å². The quantitative estimate of drug-likeness (QED) is 0.167. The summed E-state index contributed by atoms with van der Waals surface area (Å²) < 4.78 is 9.25. The van der Waals surface area contributed by atoms with Crippen molar-refractivity contribution in [1.29, 1.82) is 0 Å². The van der Waals surface area contributed by atoms with Gasteiger partial charge in [-0.05, 0) is 79.7 Å². The molecule has 0 N–H and O–H groups in total. The average molecular weight is 716 g/mol. The molecule has 0 radical (unpaired) electrons. The maximum absolute atomic E-state index is 6.82. The van der Waals surface area contributed by atoms with E-state index in [1.165, 1.54) is 60.6 Å². The maximum Gasteiger partial charge on any atom is 0.156 e. The van der Waals surface area contributed by atoms with Crippen LogP contribution in [-0.2, 0) is 5.41 Å². The maximum atomic E-state index is 6.82. The van der Waals surface area contributed by atoms with Gasteiger partial charge in [0.2, 0.25) is 0 Å². The monoisotopic (exact) mass is 715 g/mol. The summed E-state index contributed by atoms with van der Waals surface area (Å²) in [5.74, 6) is 2.31. The van der Waals surface area contributed by atoms with Gasteiger partial charge in [0.05, 0.1) is 22.3 Å². The molecule has 0 fully saturated rings. The second kappa shape index (κ2) is 11.8. The first-order valence-electron chi connectivity index (χ1n) is 18.9. The molecule has 2 aromatic heterocycles. The molecule has 8 aromatic rings. The van der Waals surface area contributed by atoms with Gasteiger partial charge in [-0.1, -0.05) is 124 Å². The smallest absolute Gasteiger partial charge is 0.156 e. The number of rotatable bonds is 4. The Morgan fingerprint density at radius 2 is 1.48 bits per heavy atom. The van der Waals surface area contributed by atoms with Gasteiger partial charge in [-0.2, -0.15) is 0 Å². The standard InChI is InChI=1S/C49H38N3OP/c1-29-13-12-19-35-36-25-26-39-43(45(36)53-44(29)35)38-27-37-34-18-10-11-20-41(34)52(42(37)28-40(38)49(39,2)3)33-23-21-30(22-24-33)46-50-47(31-14-6-4-7-15-31)54-48(51-46)32-16-8-5-9-17-32/h4-12,14-29,47,54H,13H2,1-3H3. The van der Waals surface area contributed by atoms with E-state index in [9.17, 15) is 0 Å². The van der Waals surface area contributed by atoms with Crippen molar-refractivity contribution in [3.8, 4) is 16.8 Å². The van der Waals surface area contributed by atoms with Crippen molar-refractivity contribution in [3.63, 3.8) is 0 Å². The second-order valence-electron chi connectivity index (χ2n) is 15.5. The zero-order valence-electron chi connectivity index (χ0n) is 30.5. The molecule has 0 saturated heterocycles. The van der Waals surface area contributed by atoms with E-state index in [2.05, 4.69) is 171 Å². The third kappa shape index (κ3) is 4.66. The Kier molecular flexibility index (Phi) is 6.94. The largest absolute Gasteiger partial charge is 0.459 e. The highest BCUT2D eigenvalue weighted by molar-refractivity contribution is 7.59. The van der Waals surface area contributed by atoms with Gasteiger partial charge in [-0.3, -0.25) is 4.99 Å². The summed E-state index contributed by atoms with van der Waals surface area (Å²) in [5, 5.41) is 3.71. The highest BCUT2D eigenvalue weighted by Crippen LogP contribution is 2.55. The van der Waals surface area contributed by atoms with Crippen LogP contribution in [0.3, 0.4) is 0 Å². The van der Waals surface area contributed by atoms with E-state index in [1.54, 1.807) is 0 Å². The first kappa shape index (κ1) is 31.7. The molecule has 54 heavy (non-hydrogen) atoms. The molecule has 2 aliphatic carbocycles. The summed E-state index contributed by atoms with van der Waals surface area (Å²) in [7, 11) is 0.458. The molecule has 0 saturated carbocycles. The summed E-state index contributed by atoms with van der Waals surface area (Å²) in [5.41, 5.74) is 15.3. The van der Waals surface area contributed by atoms with E-state index in [0.29, 0.717) is 14.5 Å². The zero-order chi connectivity index (χ0) is 36.1. The normalized spacial score (nSPS) is 18.9. The average Bonchev–Trinajstić information content (AvgIpc) is 3.84. The summed E-state index contributed by atoms with van der Waals surface area (Å²) in [6.45, 7) is 7.00. The second-order valence-corrected chi connectivity index (χ2v) is 16.8. The van der Waals surface area contributed by atoms with Crippen LogP contribution in [0.5, 0.6) is 0 Å². The summed E-state index contributed by atoms with van der Waals surface area (Å²) >= 11 is 0. The fraction of sp³-hybridized carbons (Fsp3) is 0.143. The molecule has 6 aromatic carbocycles. The van der Waals surface area contributed by atoms with Crippen LogP contribution in [0.25, 0.3) is 55.7 Å². The number of hydrogen-bond donors (Lipinski definition) is 0. The van der Waals surface area contributed by atoms with Crippen LogP contribution in [0.1, 0.15) is 78.0 Å². The Morgan fingerprint density at radius 3 is 2.30 bits per heavy atom. The molecule has 5 heteroatoms. The molecule has 260 valence electrons. The number of allylic oxidation sites excluding steroid dienone is 1.